The Kier molecular flexibility index (Phi) is 24.4. The third-order valence-electron chi connectivity index (χ3n) is 8.02. The summed E-state index contributed by atoms with van der Waals surface area (Å²) in [5.41, 5.74) is 23.9. The molecule has 7 heteroatoms. The molecular formula is C49H68N4O3. The summed E-state index contributed by atoms with van der Waals surface area (Å²) in [6, 6.07) is 24.3. The number of nitrogens with one attached hydrogen (secondary N) is 1. The Labute approximate surface area is 337 Å². The molecule has 7 nitrogen and oxygen atoms in total. The molecule has 0 heterocycles. The molecule has 0 saturated carbocycles. The molecule has 0 unspecified atom stereocenters. The first kappa shape index (κ1) is 50.5. The second kappa shape index (κ2) is 27.1. The number of nitrogens with two attached hydrogens (primary N) is 3. The number of Topliss-reactive ketones (excluding diaryl/α,β-unsaturated/α-hetero) is 1. The van der Waals surface area contributed by atoms with Gasteiger partial charge in [-0.1, -0.05) is 140 Å². The summed E-state index contributed by atoms with van der Waals surface area (Å²) in [6.07, 6.45) is 10.5. The summed E-state index contributed by atoms with van der Waals surface area (Å²) >= 11 is 0. The van der Waals surface area contributed by atoms with Crippen LogP contribution >= 0.6 is 0 Å². The first-order chi connectivity index (χ1) is 26.7. The molecule has 0 radical (unpaired) electrons. The van der Waals surface area contributed by atoms with Crippen molar-refractivity contribution in [2.75, 3.05) is 12.3 Å². The van der Waals surface area contributed by atoms with Crippen LogP contribution in [0.15, 0.2) is 125 Å². The van der Waals surface area contributed by atoms with Gasteiger partial charge in [-0.15, -0.1) is 0 Å². The summed E-state index contributed by atoms with van der Waals surface area (Å²) in [5, 5.41) is 23.8. The van der Waals surface area contributed by atoms with Crippen LogP contribution in [0.2, 0.25) is 0 Å². The van der Waals surface area contributed by atoms with Gasteiger partial charge >= 0.3 is 0 Å². The SMILES string of the molecule is CC.CC.CC(=O)C(=C(C)O)C1=C(C=CC(=N)c2cccc3cccc(C)c23)CC/C1=C\C=C(/C)c1cccc2cccc(N)c12.CC(N)=O.CCC.CCN. The minimum Gasteiger partial charge on any atom is -0.512 e. The number of aliphatic hydroxyl groups is 1. The van der Waals surface area contributed by atoms with Crippen LogP contribution in [0, 0.1) is 12.3 Å². The molecular weight excluding hydrogens is 693 g/mol. The van der Waals surface area contributed by atoms with Gasteiger partial charge in [0.25, 0.3) is 0 Å². The van der Waals surface area contributed by atoms with Crippen LogP contribution in [-0.2, 0) is 9.59 Å². The monoisotopic (exact) mass is 761 g/mol. The fourth-order valence-corrected chi connectivity index (χ4v) is 6.03. The molecule has 1 aliphatic rings. The van der Waals surface area contributed by atoms with Gasteiger partial charge in [-0.05, 0) is 109 Å². The molecule has 0 atom stereocenters. The highest BCUT2D eigenvalue weighted by Gasteiger charge is 2.25. The number of nitrogen functional groups attached to an aromatic ring is 1. The zero-order valence-corrected chi connectivity index (χ0v) is 36.1. The second-order valence-electron chi connectivity index (χ2n) is 12.7. The number of amides is 1. The number of carbonyl (C=O) groups is 2. The summed E-state index contributed by atoms with van der Waals surface area (Å²) in [5.74, 6) is -0.524. The van der Waals surface area contributed by atoms with Gasteiger partial charge in [0.1, 0.15) is 5.76 Å². The normalized spacial score (nSPS) is 13.1. The molecule has 8 N–H and O–H groups in total. The van der Waals surface area contributed by atoms with Crippen molar-refractivity contribution in [2.24, 2.45) is 11.5 Å². The van der Waals surface area contributed by atoms with E-state index >= 15 is 0 Å². The first-order valence-electron chi connectivity index (χ1n) is 19.7. The van der Waals surface area contributed by atoms with Gasteiger partial charge in [0.15, 0.2) is 5.78 Å². The van der Waals surface area contributed by atoms with E-state index in [1.165, 1.54) is 20.3 Å². The molecule has 0 spiro atoms. The number of ketones is 1. The maximum atomic E-state index is 12.8. The van der Waals surface area contributed by atoms with E-state index in [9.17, 15) is 14.7 Å². The van der Waals surface area contributed by atoms with Gasteiger partial charge in [-0.2, -0.15) is 0 Å². The average molecular weight is 761 g/mol. The van der Waals surface area contributed by atoms with Crippen molar-refractivity contribution in [1.29, 1.82) is 5.41 Å². The number of allylic oxidation sites excluding steroid dienone is 10. The van der Waals surface area contributed by atoms with E-state index in [0.29, 0.717) is 17.7 Å². The quantitative estimate of drug-likeness (QED) is 0.0548. The van der Waals surface area contributed by atoms with Crippen molar-refractivity contribution in [1.82, 2.24) is 0 Å². The van der Waals surface area contributed by atoms with Crippen molar-refractivity contribution in [3.63, 3.8) is 0 Å². The fourth-order valence-electron chi connectivity index (χ4n) is 6.03. The Morgan fingerprint density at radius 1 is 0.786 bits per heavy atom. The Morgan fingerprint density at radius 3 is 1.75 bits per heavy atom. The van der Waals surface area contributed by atoms with Crippen LogP contribution in [0.1, 0.15) is 112 Å². The van der Waals surface area contributed by atoms with Crippen LogP contribution in [0.4, 0.5) is 5.69 Å². The predicted molar refractivity (Wildman–Crippen MR) is 245 cm³/mol. The summed E-state index contributed by atoms with van der Waals surface area (Å²) < 4.78 is 0. The highest BCUT2D eigenvalue weighted by molar-refractivity contribution is 6.15. The van der Waals surface area contributed by atoms with Gasteiger partial charge in [-0.25, -0.2) is 0 Å². The molecule has 0 bridgehead atoms. The van der Waals surface area contributed by atoms with Crippen molar-refractivity contribution in [2.45, 2.75) is 102 Å². The number of hydrogen-bond donors (Lipinski definition) is 5. The lowest BCUT2D eigenvalue weighted by molar-refractivity contribution is -0.116. The number of carbonyl (C=O) groups excluding carboxylic acids is 2. The minimum absolute atomic E-state index is 0.00140. The Bertz CT molecular complexity index is 2040. The van der Waals surface area contributed by atoms with Crippen molar-refractivity contribution >= 4 is 50.2 Å². The molecule has 302 valence electrons. The van der Waals surface area contributed by atoms with Crippen LogP contribution in [0.25, 0.3) is 27.1 Å². The highest BCUT2D eigenvalue weighted by atomic mass is 16.3. The van der Waals surface area contributed by atoms with E-state index in [1.807, 2.05) is 83.2 Å². The van der Waals surface area contributed by atoms with Crippen LogP contribution in [0.5, 0.6) is 0 Å². The topological polar surface area (TPSA) is 156 Å². The van der Waals surface area contributed by atoms with Crippen LogP contribution in [-0.4, -0.2) is 29.1 Å². The Hall–Kier alpha value is -5.53. The number of rotatable bonds is 7. The summed E-state index contributed by atoms with van der Waals surface area (Å²) in [7, 11) is 0. The van der Waals surface area contributed by atoms with Crippen LogP contribution < -0.4 is 17.2 Å². The van der Waals surface area contributed by atoms with Gasteiger partial charge in [0.2, 0.25) is 5.91 Å². The lowest BCUT2D eigenvalue weighted by Gasteiger charge is -2.12. The third kappa shape index (κ3) is 15.0. The van der Waals surface area contributed by atoms with E-state index < -0.39 is 0 Å². The van der Waals surface area contributed by atoms with Gasteiger partial charge in [0.05, 0.1) is 11.3 Å². The molecule has 5 rings (SSSR count). The molecule has 0 fully saturated rings. The van der Waals surface area contributed by atoms with E-state index in [0.717, 1.165) is 79.2 Å². The number of primary amides is 1. The summed E-state index contributed by atoms with van der Waals surface area (Å²) in [6.45, 7) is 23.4. The number of fused-ring (bicyclic) bond motifs is 2. The maximum Gasteiger partial charge on any atom is 0.214 e. The van der Waals surface area contributed by atoms with Crippen molar-refractivity contribution in [3.05, 3.63) is 142 Å². The van der Waals surface area contributed by atoms with E-state index in [2.05, 4.69) is 82.0 Å². The average Bonchev–Trinajstić information content (AvgIpc) is 3.56. The zero-order valence-electron chi connectivity index (χ0n) is 36.1. The van der Waals surface area contributed by atoms with E-state index in [1.54, 1.807) is 6.92 Å². The molecule has 4 aromatic rings. The van der Waals surface area contributed by atoms with E-state index in [-0.39, 0.29) is 17.4 Å². The Morgan fingerprint density at radius 2 is 1.25 bits per heavy atom. The van der Waals surface area contributed by atoms with Crippen molar-refractivity contribution < 1.29 is 14.7 Å². The third-order valence-corrected chi connectivity index (χ3v) is 8.02. The molecule has 0 saturated heterocycles. The number of aliphatic hydroxyl groups excluding tert-OH is 1. The number of hydrogen-bond acceptors (Lipinski definition) is 6. The lowest BCUT2D eigenvalue weighted by Crippen LogP contribution is -2.05. The molecule has 1 aliphatic carbocycles. The van der Waals surface area contributed by atoms with Gasteiger partial charge in [-0.3, -0.25) is 9.59 Å². The number of aryl methyl sites for hydroxylation is 1. The molecule has 0 aromatic heterocycles. The first-order valence-corrected chi connectivity index (χ1v) is 19.7. The second-order valence-corrected chi connectivity index (χ2v) is 12.7. The smallest absolute Gasteiger partial charge is 0.214 e. The summed E-state index contributed by atoms with van der Waals surface area (Å²) in [4.78, 5) is 22.0. The largest absolute Gasteiger partial charge is 0.512 e. The maximum absolute atomic E-state index is 12.8. The number of benzene rings is 4. The highest BCUT2D eigenvalue weighted by Crippen LogP contribution is 2.39. The molecule has 4 aromatic carbocycles. The fraction of sp³-hybridized carbons (Fsp3) is 0.327. The van der Waals surface area contributed by atoms with Gasteiger partial charge in [0, 0.05) is 23.6 Å². The van der Waals surface area contributed by atoms with Gasteiger partial charge < -0.3 is 27.7 Å². The zero-order chi connectivity index (χ0) is 43.0. The molecule has 56 heavy (non-hydrogen) atoms. The molecule has 1 amide bonds. The Balaban J connectivity index is 0.00000190. The minimum atomic E-state index is -0.333. The lowest BCUT2D eigenvalue weighted by atomic mass is 9.92. The predicted octanol–water partition coefficient (Wildman–Crippen LogP) is 12.3. The standard InChI is InChI=1S/C38H36N2O2.C3H8.C2H5NO.C2H7N.2C2H6/c1-23(31-14-6-12-28-13-8-16-34(40)38(28)31)17-18-29-19-20-30(37(29)36(25(3)41)26(4)42)21-22-33(39)32-15-7-11-27-10-5-9-24(2)35(27)32;1-3-2;1-2(3)4;1-2-3;2*1-2/h5-18,21-22,39,41H,19-20,40H2,1-4H3;3H2,1-2H3;1H3,(H2,3,4);2-3H2,1H3;2*1-2H3/b22-21?,23-17+,29-18+,36-25?,39-33?;;;;;. The molecule has 0 aliphatic heterocycles. The van der Waals surface area contributed by atoms with Crippen molar-refractivity contribution in [3.8, 4) is 0 Å². The van der Waals surface area contributed by atoms with E-state index in [4.69, 9.17) is 16.9 Å². The number of anilines is 1. The van der Waals surface area contributed by atoms with Crippen LogP contribution in [0.3, 0.4) is 0 Å².